The van der Waals surface area contributed by atoms with Crippen molar-refractivity contribution in [2.45, 2.75) is 13.8 Å². The van der Waals surface area contributed by atoms with Crippen LogP contribution in [0.1, 0.15) is 21.6 Å². The average Bonchev–Trinajstić information content (AvgIpc) is 2.43. The molecule has 5 heteroatoms. The van der Waals surface area contributed by atoms with Crippen molar-refractivity contribution >= 4 is 17.4 Å². The van der Waals surface area contributed by atoms with Crippen LogP contribution in [0.4, 0.5) is 11.5 Å². The summed E-state index contributed by atoms with van der Waals surface area (Å²) < 4.78 is 0. The molecule has 0 bridgehead atoms. The first-order valence-electron chi connectivity index (χ1n) is 5.98. The van der Waals surface area contributed by atoms with Gasteiger partial charge >= 0.3 is 0 Å². The Balaban J connectivity index is 2.18. The van der Waals surface area contributed by atoms with Crippen molar-refractivity contribution in [3.8, 4) is 0 Å². The second-order valence-corrected chi connectivity index (χ2v) is 4.31. The molecule has 1 amide bonds. The molecule has 0 aliphatic heterocycles. The Morgan fingerprint density at radius 3 is 2.58 bits per heavy atom. The molecule has 5 nitrogen and oxygen atoms in total. The largest absolute Gasteiger partial charge is 0.372 e. The van der Waals surface area contributed by atoms with E-state index in [0.717, 1.165) is 16.8 Å². The van der Waals surface area contributed by atoms with E-state index in [-0.39, 0.29) is 5.91 Å². The van der Waals surface area contributed by atoms with Crippen molar-refractivity contribution in [1.82, 2.24) is 9.97 Å². The SMILES string of the molecule is CNc1cnc(C(=O)Nc2cc(C)ccc2C)cn1. The van der Waals surface area contributed by atoms with Crippen molar-refractivity contribution in [3.05, 3.63) is 47.4 Å². The molecule has 0 unspecified atom stereocenters. The van der Waals surface area contributed by atoms with Gasteiger partial charge in [-0.05, 0) is 31.0 Å². The Morgan fingerprint density at radius 1 is 1.16 bits per heavy atom. The van der Waals surface area contributed by atoms with E-state index >= 15 is 0 Å². The van der Waals surface area contributed by atoms with Crippen molar-refractivity contribution in [1.29, 1.82) is 0 Å². The summed E-state index contributed by atoms with van der Waals surface area (Å²) in [6, 6.07) is 5.91. The van der Waals surface area contributed by atoms with Gasteiger partial charge in [-0.2, -0.15) is 0 Å². The van der Waals surface area contributed by atoms with E-state index in [1.807, 2.05) is 32.0 Å². The maximum atomic E-state index is 12.0. The van der Waals surface area contributed by atoms with E-state index in [1.165, 1.54) is 12.4 Å². The summed E-state index contributed by atoms with van der Waals surface area (Å²) in [5.74, 6) is 0.368. The van der Waals surface area contributed by atoms with E-state index in [1.54, 1.807) is 7.05 Å². The summed E-state index contributed by atoms with van der Waals surface area (Å²) >= 11 is 0. The smallest absolute Gasteiger partial charge is 0.275 e. The van der Waals surface area contributed by atoms with Gasteiger partial charge in [-0.3, -0.25) is 4.79 Å². The van der Waals surface area contributed by atoms with Crippen LogP contribution in [0, 0.1) is 13.8 Å². The molecular formula is C14H16N4O. The average molecular weight is 256 g/mol. The number of hydrogen-bond acceptors (Lipinski definition) is 4. The summed E-state index contributed by atoms with van der Waals surface area (Å²) in [6.07, 6.45) is 2.98. The Kier molecular flexibility index (Phi) is 3.75. The van der Waals surface area contributed by atoms with Crippen LogP contribution in [0.25, 0.3) is 0 Å². The molecule has 2 rings (SSSR count). The van der Waals surface area contributed by atoms with Gasteiger partial charge in [0, 0.05) is 12.7 Å². The van der Waals surface area contributed by atoms with Gasteiger partial charge < -0.3 is 10.6 Å². The number of nitrogens with one attached hydrogen (secondary N) is 2. The van der Waals surface area contributed by atoms with Gasteiger partial charge in [0.05, 0.1) is 12.4 Å². The molecule has 0 saturated heterocycles. The van der Waals surface area contributed by atoms with Gasteiger partial charge in [0.15, 0.2) is 0 Å². The van der Waals surface area contributed by atoms with Gasteiger partial charge in [-0.15, -0.1) is 0 Å². The van der Waals surface area contributed by atoms with Gasteiger partial charge in [-0.1, -0.05) is 12.1 Å². The number of amides is 1. The lowest BCUT2D eigenvalue weighted by Gasteiger charge is -2.09. The predicted octanol–water partition coefficient (Wildman–Crippen LogP) is 2.39. The molecule has 0 spiro atoms. The molecule has 2 N–H and O–H groups in total. The Labute approximate surface area is 112 Å². The Bertz CT molecular complexity index is 593. The third kappa shape index (κ3) is 3.07. The first kappa shape index (κ1) is 13.0. The van der Waals surface area contributed by atoms with Gasteiger partial charge in [-0.25, -0.2) is 9.97 Å². The fraction of sp³-hybridized carbons (Fsp3) is 0.214. The van der Waals surface area contributed by atoms with E-state index in [2.05, 4.69) is 20.6 Å². The highest BCUT2D eigenvalue weighted by Gasteiger charge is 2.09. The van der Waals surface area contributed by atoms with E-state index in [9.17, 15) is 4.79 Å². The molecule has 0 aliphatic rings. The number of aromatic nitrogens is 2. The van der Waals surface area contributed by atoms with Crippen LogP contribution in [0.5, 0.6) is 0 Å². The van der Waals surface area contributed by atoms with Crippen LogP contribution in [0.3, 0.4) is 0 Å². The van der Waals surface area contributed by atoms with E-state index in [0.29, 0.717) is 11.5 Å². The Hall–Kier alpha value is -2.43. The number of rotatable bonds is 3. The molecule has 0 radical (unpaired) electrons. The van der Waals surface area contributed by atoms with Crippen molar-refractivity contribution in [3.63, 3.8) is 0 Å². The normalized spacial score (nSPS) is 10.1. The van der Waals surface area contributed by atoms with Crippen LogP contribution in [0.2, 0.25) is 0 Å². The highest BCUT2D eigenvalue weighted by molar-refractivity contribution is 6.03. The summed E-state index contributed by atoms with van der Waals surface area (Å²) in [5, 5.41) is 5.70. The summed E-state index contributed by atoms with van der Waals surface area (Å²) in [4.78, 5) is 20.2. The number of hydrogen-bond donors (Lipinski definition) is 2. The Morgan fingerprint density at radius 2 is 1.95 bits per heavy atom. The fourth-order valence-electron chi connectivity index (χ4n) is 1.63. The van der Waals surface area contributed by atoms with E-state index < -0.39 is 0 Å². The number of anilines is 2. The van der Waals surface area contributed by atoms with Crippen molar-refractivity contribution in [2.75, 3.05) is 17.7 Å². The molecule has 0 atom stereocenters. The van der Waals surface area contributed by atoms with Crippen LogP contribution in [-0.4, -0.2) is 22.9 Å². The molecule has 1 heterocycles. The molecule has 98 valence electrons. The highest BCUT2D eigenvalue weighted by atomic mass is 16.1. The molecular weight excluding hydrogens is 240 g/mol. The van der Waals surface area contributed by atoms with Crippen LogP contribution < -0.4 is 10.6 Å². The third-order valence-corrected chi connectivity index (χ3v) is 2.78. The monoisotopic (exact) mass is 256 g/mol. The number of nitrogens with zero attached hydrogens (tertiary/aromatic N) is 2. The zero-order chi connectivity index (χ0) is 13.8. The van der Waals surface area contributed by atoms with Gasteiger partial charge in [0.25, 0.3) is 5.91 Å². The standard InChI is InChI=1S/C14H16N4O/c1-9-4-5-10(2)11(6-9)18-14(19)12-7-17-13(15-3)8-16-12/h4-8H,1-3H3,(H,15,17)(H,18,19). The minimum atomic E-state index is -0.260. The summed E-state index contributed by atoms with van der Waals surface area (Å²) in [7, 11) is 1.75. The van der Waals surface area contributed by atoms with Crippen molar-refractivity contribution in [2.24, 2.45) is 0 Å². The number of carbonyl (C=O) groups is 1. The second kappa shape index (κ2) is 5.48. The third-order valence-electron chi connectivity index (χ3n) is 2.78. The topological polar surface area (TPSA) is 66.9 Å². The zero-order valence-corrected chi connectivity index (χ0v) is 11.2. The molecule has 1 aromatic heterocycles. The van der Waals surface area contributed by atoms with Crippen molar-refractivity contribution < 1.29 is 4.79 Å². The van der Waals surface area contributed by atoms with Crippen LogP contribution in [-0.2, 0) is 0 Å². The number of carbonyl (C=O) groups excluding carboxylic acids is 1. The zero-order valence-electron chi connectivity index (χ0n) is 11.2. The molecule has 19 heavy (non-hydrogen) atoms. The lowest BCUT2D eigenvalue weighted by Crippen LogP contribution is -2.15. The fourth-order valence-corrected chi connectivity index (χ4v) is 1.63. The van der Waals surface area contributed by atoms with E-state index in [4.69, 9.17) is 0 Å². The maximum absolute atomic E-state index is 12.0. The predicted molar refractivity (Wildman–Crippen MR) is 75.4 cm³/mol. The lowest BCUT2D eigenvalue weighted by molar-refractivity contribution is 0.102. The maximum Gasteiger partial charge on any atom is 0.275 e. The minimum absolute atomic E-state index is 0.260. The minimum Gasteiger partial charge on any atom is -0.372 e. The van der Waals surface area contributed by atoms with Gasteiger partial charge in [0.2, 0.25) is 0 Å². The van der Waals surface area contributed by atoms with Crippen LogP contribution in [0.15, 0.2) is 30.6 Å². The summed E-state index contributed by atoms with van der Waals surface area (Å²) in [6.45, 7) is 3.93. The first-order chi connectivity index (χ1) is 9.10. The first-order valence-corrected chi connectivity index (χ1v) is 5.98. The lowest BCUT2D eigenvalue weighted by atomic mass is 10.1. The number of benzene rings is 1. The highest BCUT2D eigenvalue weighted by Crippen LogP contribution is 2.17. The number of aryl methyl sites for hydroxylation is 2. The van der Waals surface area contributed by atoms with Crippen LogP contribution >= 0.6 is 0 Å². The molecule has 2 aromatic rings. The molecule has 0 fully saturated rings. The molecule has 0 saturated carbocycles. The molecule has 0 aliphatic carbocycles. The summed E-state index contributed by atoms with van der Waals surface area (Å²) in [5.41, 5.74) is 3.20. The van der Waals surface area contributed by atoms with Gasteiger partial charge in [0.1, 0.15) is 11.5 Å². The molecule has 1 aromatic carbocycles. The quantitative estimate of drug-likeness (QED) is 0.884. The second-order valence-electron chi connectivity index (χ2n) is 4.31.